The maximum absolute atomic E-state index is 4.34. The molecule has 4 rings (SSSR count). The van der Waals surface area contributed by atoms with Crippen molar-refractivity contribution in [2.24, 2.45) is 0 Å². The molecule has 0 atom stereocenters. The summed E-state index contributed by atoms with van der Waals surface area (Å²) in [6, 6.07) is 26.5. The Morgan fingerprint density at radius 1 is 0.808 bits per heavy atom. The molecule has 1 aromatic heterocycles. The molecule has 0 saturated carbocycles. The summed E-state index contributed by atoms with van der Waals surface area (Å²) in [7, 11) is 4.00. The van der Waals surface area contributed by atoms with Gasteiger partial charge in [0.2, 0.25) is 0 Å². The number of hydrogen-bond acceptors (Lipinski definition) is 3. The van der Waals surface area contributed by atoms with Gasteiger partial charge in [0.25, 0.3) is 0 Å². The van der Waals surface area contributed by atoms with Crippen molar-refractivity contribution in [2.75, 3.05) is 14.1 Å². The summed E-state index contributed by atoms with van der Waals surface area (Å²) >= 11 is 0. The van der Waals surface area contributed by atoms with E-state index in [-0.39, 0.29) is 16.5 Å². The number of pyridine rings is 1. The van der Waals surface area contributed by atoms with Crippen LogP contribution in [0.3, 0.4) is 0 Å². The van der Waals surface area contributed by atoms with Gasteiger partial charge in [-0.2, -0.15) is 48.6 Å². The standard InChI is InChI=1S/C17H11N.C5H9N2.Ni/c1-2-7-14(8-3-1)15-9-6-10-16(13-15)17-11-4-5-12-18-17;1-6-3-4-7(2)5-6;/h1-7,9-12H;3-5H,1-2H3;/q-2;-1;+3. The molecule has 0 N–H and O–H groups in total. The van der Waals surface area contributed by atoms with Crippen LogP contribution in [-0.4, -0.2) is 28.9 Å². The fourth-order valence-electron chi connectivity index (χ4n) is 2.43. The Bertz CT molecular complexity index is 754. The quantitative estimate of drug-likeness (QED) is 0.480. The molecule has 26 heavy (non-hydrogen) atoms. The fraction of sp³-hybridized carbons (Fsp3) is 0.0909. The zero-order valence-electron chi connectivity index (χ0n) is 14.7. The van der Waals surface area contributed by atoms with Crippen molar-refractivity contribution in [2.45, 2.75) is 0 Å². The van der Waals surface area contributed by atoms with E-state index in [4.69, 9.17) is 0 Å². The van der Waals surface area contributed by atoms with Crippen LogP contribution in [0, 0.1) is 18.8 Å². The smallest absolute Gasteiger partial charge is 0.511 e. The SMILES string of the molecule is CN1C=CN(C)[CH-]1.[Ni+3].[c-]1ccccc1-c1[c-]c(-c2ccccn2)ccc1. The third kappa shape index (κ3) is 5.47. The Labute approximate surface area is 165 Å². The van der Waals surface area contributed by atoms with Crippen LogP contribution in [0.2, 0.25) is 0 Å². The molecule has 3 nitrogen and oxygen atoms in total. The van der Waals surface area contributed by atoms with Gasteiger partial charge >= 0.3 is 16.5 Å². The second-order valence-corrected chi connectivity index (χ2v) is 5.71. The first-order valence-electron chi connectivity index (χ1n) is 8.10. The molecule has 4 heteroatoms. The van der Waals surface area contributed by atoms with Gasteiger partial charge in [-0.05, 0) is 32.6 Å². The van der Waals surface area contributed by atoms with Crippen molar-refractivity contribution in [3.63, 3.8) is 0 Å². The summed E-state index contributed by atoms with van der Waals surface area (Å²) in [5.74, 6) is 0. The molecule has 0 spiro atoms. The van der Waals surface area contributed by atoms with Gasteiger partial charge in [0, 0.05) is 11.9 Å². The summed E-state index contributed by atoms with van der Waals surface area (Å²) in [5, 5.41) is 0. The molecule has 3 aromatic rings. The van der Waals surface area contributed by atoms with Gasteiger partial charge in [-0.3, -0.25) is 4.98 Å². The molecule has 0 amide bonds. The van der Waals surface area contributed by atoms with Crippen molar-refractivity contribution in [3.05, 3.63) is 98.1 Å². The fourth-order valence-corrected chi connectivity index (χ4v) is 2.43. The molecule has 1 radical (unpaired) electrons. The van der Waals surface area contributed by atoms with Crippen LogP contribution < -0.4 is 0 Å². The largest absolute Gasteiger partial charge is 3.00 e. The normalized spacial score (nSPS) is 12.2. The van der Waals surface area contributed by atoms with Crippen molar-refractivity contribution in [3.8, 4) is 22.4 Å². The summed E-state index contributed by atoms with van der Waals surface area (Å²) in [5.41, 5.74) is 4.04. The average molecular weight is 385 g/mol. The van der Waals surface area contributed by atoms with Crippen LogP contribution in [0.5, 0.6) is 0 Å². The maximum atomic E-state index is 4.34. The van der Waals surface area contributed by atoms with E-state index in [1.54, 1.807) is 6.20 Å². The third-order valence-corrected chi connectivity index (χ3v) is 3.64. The van der Waals surface area contributed by atoms with Crippen molar-refractivity contribution in [1.82, 2.24) is 14.8 Å². The van der Waals surface area contributed by atoms with Gasteiger partial charge in [0.1, 0.15) is 0 Å². The molecule has 2 heterocycles. The van der Waals surface area contributed by atoms with Crippen LogP contribution in [0.15, 0.2) is 79.3 Å². The van der Waals surface area contributed by atoms with E-state index >= 15 is 0 Å². The van der Waals surface area contributed by atoms with E-state index in [0.717, 1.165) is 22.4 Å². The number of hydrogen-bond donors (Lipinski definition) is 0. The molecule has 0 bridgehead atoms. The molecule has 0 aliphatic carbocycles. The Hall–Kier alpha value is -2.58. The predicted octanol–water partition coefficient (Wildman–Crippen LogP) is 4.47. The molecule has 133 valence electrons. The minimum atomic E-state index is 0. The number of rotatable bonds is 2. The van der Waals surface area contributed by atoms with Crippen molar-refractivity contribution in [1.29, 1.82) is 0 Å². The van der Waals surface area contributed by atoms with E-state index in [2.05, 4.69) is 17.1 Å². The zero-order chi connectivity index (χ0) is 17.5. The van der Waals surface area contributed by atoms with Gasteiger partial charge in [0.05, 0.1) is 0 Å². The second-order valence-electron chi connectivity index (χ2n) is 5.71. The molecule has 1 aliphatic heterocycles. The average Bonchev–Trinajstić information content (AvgIpc) is 3.06. The van der Waals surface area contributed by atoms with Crippen molar-refractivity contribution >= 4 is 0 Å². The molecular formula is C22H20N3Ni. The van der Waals surface area contributed by atoms with E-state index in [1.807, 2.05) is 104 Å². The molecule has 2 aromatic carbocycles. The Morgan fingerprint density at radius 3 is 2.08 bits per heavy atom. The third-order valence-electron chi connectivity index (χ3n) is 3.64. The molecular weight excluding hydrogens is 365 g/mol. The van der Waals surface area contributed by atoms with Crippen LogP contribution in [-0.2, 0) is 16.5 Å². The molecule has 0 saturated heterocycles. The first-order valence-corrected chi connectivity index (χ1v) is 8.10. The first kappa shape index (κ1) is 19.7. The number of aromatic nitrogens is 1. The van der Waals surface area contributed by atoms with Gasteiger partial charge in [0.15, 0.2) is 0 Å². The van der Waals surface area contributed by atoms with Crippen molar-refractivity contribution < 1.29 is 16.5 Å². The monoisotopic (exact) mass is 384 g/mol. The van der Waals surface area contributed by atoms with Gasteiger partial charge in [-0.25, -0.2) is 5.56 Å². The van der Waals surface area contributed by atoms with Crippen LogP contribution in [0.25, 0.3) is 22.4 Å². The summed E-state index contributed by atoms with van der Waals surface area (Å²) in [4.78, 5) is 8.34. The van der Waals surface area contributed by atoms with Gasteiger partial charge < -0.3 is 9.80 Å². The zero-order valence-corrected chi connectivity index (χ0v) is 15.7. The van der Waals surface area contributed by atoms with Crippen LogP contribution in [0.4, 0.5) is 0 Å². The topological polar surface area (TPSA) is 19.4 Å². The Kier molecular flexibility index (Phi) is 7.43. The van der Waals surface area contributed by atoms with E-state index in [9.17, 15) is 0 Å². The molecule has 1 aliphatic rings. The van der Waals surface area contributed by atoms with Crippen LogP contribution in [0.1, 0.15) is 0 Å². The maximum Gasteiger partial charge on any atom is 3.00 e. The number of nitrogens with zero attached hydrogens (tertiary/aromatic N) is 3. The Morgan fingerprint density at radius 2 is 1.50 bits per heavy atom. The molecule has 0 fully saturated rings. The summed E-state index contributed by atoms with van der Waals surface area (Å²) in [6.07, 6.45) is 5.80. The van der Waals surface area contributed by atoms with E-state index < -0.39 is 0 Å². The summed E-state index contributed by atoms with van der Waals surface area (Å²) in [6.45, 7) is 2.00. The second kappa shape index (κ2) is 9.79. The first-order chi connectivity index (χ1) is 12.2. The molecule has 0 unspecified atom stereocenters. The van der Waals surface area contributed by atoms with Gasteiger partial charge in [-0.1, -0.05) is 12.1 Å². The van der Waals surface area contributed by atoms with E-state index in [0.29, 0.717) is 0 Å². The summed E-state index contributed by atoms with van der Waals surface area (Å²) < 4.78 is 0. The predicted molar refractivity (Wildman–Crippen MR) is 102 cm³/mol. The minimum Gasteiger partial charge on any atom is -0.511 e. The van der Waals surface area contributed by atoms with Gasteiger partial charge in [-0.15, -0.1) is 23.8 Å². The van der Waals surface area contributed by atoms with E-state index in [1.165, 1.54) is 0 Å². The van der Waals surface area contributed by atoms with Crippen LogP contribution >= 0.6 is 0 Å². The number of benzene rings is 2. The Balaban J connectivity index is 0.000000258. The minimum absolute atomic E-state index is 0.